The molecule has 1 N–H and O–H groups in total. The molecular formula is C37H65NO15. The van der Waals surface area contributed by atoms with Gasteiger partial charge in [-0.1, -0.05) is 13.3 Å². The Labute approximate surface area is 315 Å². The number of anilines is 1. The monoisotopic (exact) mass is 763 g/mol. The summed E-state index contributed by atoms with van der Waals surface area (Å²) in [5.41, 5.74) is 1.51. The lowest BCUT2D eigenvalue weighted by Crippen LogP contribution is -2.16. The van der Waals surface area contributed by atoms with Crippen LogP contribution in [0.15, 0.2) is 24.3 Å². The molecule has 16 nitrogen and oxygen atoms in total. The third-order valence-corrected chi connectivity index (χ3v) is 6.84. The fourth-order valence-corrected chi connectivity index (χ4v) is 3.97. The topological polar surface area (TPSA) is 166 Å². The Bertz CT molecular complexity index is 941. The Balaban J connectivity index is 1.68. The van der Waals surface area contributed by atoms with Gasteiger partial charge in [-0.2, -0.15) is 0 Å². The molecule has 0 aromatic heterocycles. The van der Waals surface area contributed by atoms with Crippen LogP contribution in [-0.4, -0.2) is 178 Å². The molecule has 0 aliphatic carbocycles. The number of carbonyl (C=O) groups is 2. The highest BCUT2D eigenvalue weighted by Gasteiger charge is 2.07. The summed E-state index contributed by atoms with van der Waals surface area (Å²) in [7, 11) is 1.35. The quantitative estimate of drug-likeness (QED) is 0.0764. The lowest BCUT2D eigenvalue weighted by Gasteiger charge is -2.09. The molecule has 0 atom stereocenters. The summed E-state index contributed by atoms with van der Waals surface area (Å²) in [6.45, 7) is 13.2. The number of benzene rings is 1. The zero-order valence-electron chi connectivity index (χ0n) is 32.0. The number of methoxy groups -OCH3 is 1. The minimum Gasteiger partial charge on any atom is -0.469 e. The molecule has 16 heteroatoms. The van der Waals surface area contributed by atoms with Gasteiger partial charge in [-0.3, -0.25) is 4.79 Å². The van der Waals surface area contributed by atoms with Crippen LogP contribution < -0.4 is 5.32 Å². The van der Waals surface area contributed by atoms with Crippen molar-refractivity contribution < 1.29 is 71.2 Å². The third kappa shape index (κ3) is 33.8. The number of hydrogen-bond acceptors (Lipinski definition) is 16. The minimum absolute atomic E-state index is 0.185. The molecule has 308 valence electrons. The van der Waals surface area contributed by atoms with E-state index in [-0.39, 0.29) is 25.0 Å². The number of esters is 2. The fourth-order valence-electron chi connectivity index (χ4n) is 3.97. The van der Waals surface area contributed by atoms with Gasteiger partial charge < -0.3 is 66.9 Å². The van der Waals surface area contributed by atoms with Crippen LogP contribution in [0.3, 0.4) is 0 Å². The SMILES string of the molecule is CCCCNc1ccc(C(=O)OCCOCCOCCOCCOCCOCCOCCOCCOCCOCCOCCOCCC(=O)OC)cc1. The van der Waals surface area contributed by atoms with Gasteiger partial charge in [-0.05, 0) is 30.7 Å². The Hall–Kier alpha value is -2.48. The first-order valence-electron chi connectivity index (χ1n) is 18.6. The summed E-state index contributed by atoms with van der Waals surface area (Å²) in [6, 6.07) is 7.28. The molecule has 0 aliphatic heterocycles. The van der Waals surface area contributed by atoms with Crippen molar-refractivity contribution in [2.24, 2.45) is 0 Å². The number of nitrogens with one attached hydrogen (secondary N) is 1. The summed E-state index contributed by atoms with van der Waals surface area (Å²) in [4.78, 5) is 23.1. The van der Waals surface area contributed by atoms with E-state index in [4.69, 9.17) is 56.8 Å². The van der Waals surface area contributed by atoms with Crippen molar-refractivity contribution in [2.45, 2.75) is 26.2 Å². The molecule has 53 heavy (non-hydrogen) atoms. The zero-order chi connectivity index (χ0) is 38.1. The maximum atomic E-state index is 12.1. The highest BCUT2D eigenvalue weighted by molar-refractivity contribution is 5.89. The molecule has 0 spiro atoms. The average Bonchev–Trinajstić information content (AvgIpc) is 3.17. The fraction of sp³-hybridized carbons (Fsp3) is 0.784. The minimum atomic E-state index is -0.365. The molecule has 0 heterocycles. The number of hydrogen-bond donors (Lipinski definition) is 1. The maximum Gasteiger partial charge on any atom is 0.338 e. The second-order valence-electron chi connectivity index (χ2n) is 11.1. The van der Waals surface area contributed by atoms with Crippen LogP contribution >= 0.6 is 0 Å². The van der Waals surface area contributed by atoms with E-state index in [2.05, 4.69) is 17.0 Å². The van der Waals surface area contributed by atoms with Gasteiger partial charge in [-0.25, -0.2) is 4.79 Å². The second kappa shape index (κ2) is 39.2. The standard InChI is InChI=1S/C37H65NO15/c1-3-4-10-38-35-7-5-34(6-8-35)37(40)53-33-32-52-31-30-51-29-28-50-27-26-49-25-24-48-23-22-47-21-20-46-19-18-45-17-16-44-15-14-43-13-12-42-11-9-36(39)41-2/h5-8,38H,3-4,9-33H2,1-2H3. The van der Waals surface area contributed by atoms with Crippen molar-refractivity contribution in [3.63, 3.8) is 0 Å². The predicted octanol–water partition coefficient (Wildman–Crippen LogP) is 2.80. The van der Waals surface area contributed by atoms with Crippen LogP contribution in [0.1, 0.15) is 36.5 Å². The van der Waals surface area contributed by atoms with E-state index in [0.29, 0.717) is 151 Å². The molecule has 1 aromatic carbocycles. The first-order chi connectivity index (χ1) is 26.2. The van der Waals surface area contributed by atoms with Crippen LogP contribution in [0.4, 0.5) is 5.69 Å². The van der Waals surface area contributed by atoms with E-state index in [9.17, 15) is 9.59 Å². The Morgan fingerprint density at radius 2 is 0.792 bits per heavy atom. The predicted molar refractivity (Wildman–Crippen MR) is 196 cm³/mol. The highest BCUT2D eigenvalue weighted by atomic mass is 16.6. The smallest absolute Gasteiger partial charge is 0.338 e. The third-order valence-electron chi connectivity index (χ3n) is 6.84. The Morgan fingerprint density at radius 1 is 0.472 bits per heavy atom. The molecule has 0 saturated carbocycles. The van der Waals surface area contributed by atoms with Crippen molar-refractivity contribution in [3.05, 3.63) is 29.8 Å². The normalized spacial score (nSPS) is 11.2. The van der Waals surface area contributed by atoms with Gasteiger partial charge in [0.2, 0.25) is 0 Å². The van der Waals surface area contributed by atoms with Gasteiger partial charge in [0, 0.05) is 12.2 Å². The first kappa shape index (κ1) is 48.5. The zero-order valence-corrected chi connectivity index (χ0v) is 32.0. The Kier molecular flexibility index (Phi) is 35.9. The molecular weight excluding hydrogens is 698 g/mol. The molecule has 1 rings (SSSR count). The van der Waals surface area contributed by atoms with Crippen molar-refractivity contribution in [3.8, 4) is 0 Å². The summed E-state index contributed by atoms with van der Waals surface area (Å²) >= 11 is 0. The molecule has 0 radical (unpaired) electrons. The number of unbranched alkanes of at least 4 members (excludes halogenated alkanes) is 1. The number of ether oxygens (including phenoxy) is 13. The number of rotatable bonds is 41. The van der Waals surface area contributed by atoms with Crippen molar-refractivity contribution in [1.82, 2.24) is 0 Å². The Morgan fingerprint density at radius 3 is 1.11 bits per heavy atom. The second-order valence-corrected chi connectivity index (χ2v) is 11.1. The van der Waals surface area contributed by atoms with Crippen molar-refractivity contribution in [1.29, 1.82) is 0 Å². The van der Waals surface area contributed by atoms with E-state index < -0.39 is 0 Å². The molecule has 0 fully saturated rings. The van der Waals surface area contributed by atoms with Crippen LogP contribution in [0.25, 0.3) is 0 Å². The largest absolute Gasteiger partial charge is 0.469 e. The molecule has 0 bridgehead atoms. The summed E-state index contributed by atoms with van der Waals surface area (Å²) in [5.74, 6) is -0.655. The van der Waals surface area contributed by atoms with Crippen molar-refractivity contribution >= 4 is 17.6 Å². The van der Waals surface area contributed by atoms with E-state index in [1.807, 2.05) is 12.1 Å². The highest BCUT2D eigenvalue weighted by Crippen LogP contribution is 2.11. The van der Waals surface area contributed by atoms with E-state index in [1.165, 1.54) is 7.11 Å². The van der Waals surface area contributed by atoms with E-state index in [1.54, 1.807) is 12.1 Å². The maximum absolute atomic E-state index is 12.1. The van der Waals surface area contributed by atoms with E-state index in [0.717, 1.165) is 25.1 Å². The van der Waals surface area contributed by atoms with E-state index >= 15 is 0 Å². The average molecular weight is 764 g/mol. The van der Waals surface area contributed by atoms with Crippen LogP contribution in [-0.2, 0) is 66.4 Å². The first-order valence-corrected chi connectivity index (χ1v) is 18.6. The molecule has 0 unspecified atom stereocenters. The van der Waals surface area contributed by atoms with Crippen LogP contribution in [0.5, 0.6) is 0 Å². The van der Waals surface area contributed by atoms with Gasteiger partial charge in [0.05, 0.1) is 164 Å². The summed E-state index contributed by atoms with van der Waals surface area (Å²) in [5, 5.41) is 3.32. The molecule has 0 saturated heterocycles. The van der Waals surface area contributed by atoms with Crippen LogP contribution in [0.2, 0.25) is 0 Å². The summed E-state index contributed by atoms with van der Waals surface area (Å²) in [6.07, 6.45) is 2.48. The van der Waals surface area contributed by atoms with Gasteiger partial charge in [-0.15, -0.1) is 0 Å². The summed E-state index contributed by atoms with van der Waals surface area (Å²) < 4.78 is 69.6. The van der Waals surface area contributed by atoms with Crippen molar-refractivity contribution in [2.75, 3.05) is 171 Å². The lowest BCUT2D eigenvalue weighted by atomic mass is 10.2. The van der Waals surface area contributed by atoms with Gasteiger partial charge >= 0.3 is 11.9 Å². The number of carbonyl (C=O) groups excluding carboxylic acids is 2. The van der Waals surface area contributed by atoms with Gasteiger partial charge in [0.25, 0.3) is 0 Å². The lowest BCUT2D eigenvalue weighted by molar-refractivity contribution is -0.141. The van der Waals surface area contributed by atoms with Gasteiger partial charge in [0.15, 0.2) is 0 Å². The molecule has 0 aliphatic rings. The van der Waals surface area contributed by atoms with Crippen LogP contribution in [0, 0.1) is 0 Å². The molecule has 1 aromatic rings. The van der Waals surface area contributed by atoms with Gasteiger partial charge in [0.1, 0.15) is 6.61 Å². The molecule has 0 amide bonds.